The van der Waals surface area contributed by atoms with Gasteiger partial charge in [0.25, 0.3) is 0 Å². The quantitative estimate of drug-likeness (QED) is 0.629. The van der Waals surface area contributed by atoms with Crippen molar-refractivity contribution in [3.05, 3.63) is 60.2 Å². The summed E-state index contributed by atoms with van der Waals surface area (Å²) in [7, 11) is 2.07. The topological polar surface area (TPSA) is 38.5 Å². The second kappa shape index (κ2) is 7.64. The third-order valence-corrected chi connectivity index (χ3v) is 3.48. The lowest BCUT2D eigenvalue weighted by Gasteiger charge is -2.19. The van der Waals surface area contributed by atoms with Gasteiger partial charge < -0.3 is 15.4 Å². The Morgan fingerprint density at radius 2 is 1.76 bits per heavy atom. The summed E-state index contributed by atoms with van der Waals surface area (Å²) in [6.45, 7) is 1.64. The minimum absolute atomic E-state index is 0.431. The zero-order valence-electron chi connectivity index (χ0n) is 12.2. The summed E-state index contributed by atoms with van der Waals surface area (Å²) in [4.78, 5) is 2.62. The van der Waals surface area contributed by atoms with E-state index in [1.54, 1.807) is 0 Å². The number of hydrogen-bond acceptors (Lipinski definition) is 3. The first-order valence-electron chi connectivity index (χ1n) is 6.95. The molecule has 0 unspecified atom stereocenters. The lowest BCUT2D eigenvalue weighted by Crippen LogP contribution is -2.20. The normalized spacial score (nSPS) is 10.1. The molecule has 0 heterocycles. The number of ether oxygens (including phenoxy) is 1. The van der Waals surface area contributed by atoms with Gasteiger partial charge in [0.05, 0.1) is 6.61 Å². The molecule has 2 rings (SSSR count). The Hall–Kier alpha value is -2.07. The van der Waals surface area contributed by atoms with Crippen LogP contribution in [-0.2, 0) is 0 Å². The molecule has 0 radical (unpaired) electrons. The van der Waals surface area contributed by atoms with Crippen molar-refractivity contribution in [1.29, 1.82) is 0 Å². The van der Waals surface area contributed by atoms with E-state index in [0.717, 1.165) is 30.0 Å². The Labute approximate surface area is 131 Å². The van der Waals surface area contributed by atoms with Crippen molar-refractivity contribution in [2.24, 2.45) is 5.73 Å². The number of anilines is 1. The van der Waals surface area contributed by atoms with Crippen LogP contribution < -0.4 is 15.4 Å². The van der Waals surface area contributed by atoms with Crippen LogP contribution in [0.1, 0.15) is 12.0 Å². The van der Waals surface area contributed by atoms with Gasteiger partial charge in [-0.3, -0.25) is 0 Å². The van der Waals surface area contributed by atoms with Crippen LogP contribution in [0.25, 0.3) is 0 Å². The first-order valence-corrected chi connectivity index (χ1v) is 7.36. The molecular formula is C17H20N2OS. The van der Waals surface area contributed by atoms with Crippen LogP contribution in [0.5, 0.6) is 5.75 Å². The van der Waals surface area contributed by atoms with E-state index in [-0.39, 0.29) is 0 Å². The minimum Gasteiger partial charge on any atom is -0.494 e. The molecule has 0 saturated heterocycles. The van der Waals surface area contributed by atoms with E-state index in [0.29, 0.717) is 11.6 Å². The highest BCUT2D eigenvalue weighted by Gasteiger charge is 2.02. The average Bonchev–Trinajstić information content (AvgIpc) is 2.52. The van der Waals surface area contributed by atoms with Crippen LogP contribution in [0.4, 0.5) is 5.69 Å². The van der Waals surface area contributed by atoms with Crippen LogP contribution in [0.15, 0.2) is 54.6 Å². The molecule has 2 aromatic rings. The van der Waals surface area contributed by atoms with Crippen LogP contribution >= 0.6 is 12.2 Å². The highest BCUT2D eigenvalue weighted by molar-refractivity contribution is 7.80. The van der Waals surface area contributed by atoms with Crippen molar-refractivity contribution in [2.75, 3.05) is 25.1 Å². The summed E-state index contributed by atoms with van der Waals surface area (Å²) in [5.74, 6) is 0.918. The standard InChI is InChI=1S/C17H20N2OS/c1-19(15-10-8-14(9-11-15)17(18)21)12-5-13-20-16-6-3-2-4-7-16/h2-4,6-11H,5,12-13H2,1H3,(H2,18,21). The van der Waals surface area contributed by atoms with Gasteiger partial charge in [-0.2, -0.15) is 0 Å². The summed E-state index contributed by atoms with van der Waals surface area (Å²) in [6, 6.07) is 17.9. The molecule has 2 aromatic carbocycles. The van der Waals surface area contributed by atoms with E-state index in [4.69, 9.17) is 22.7 Å². The molecule has 0 aliphatic carbocycles. The summed E-state index contributed by atoms with van der Waals surface area (Å²) in [5, 5.41) is 0. The summed E-state index contributed by atoms with van der Waals surface area (Å²) >= 11 is 4.95. The number of rotatable bonds is 7. The molecule has 3 nitrogen and oxygen atoms in total. The van der Waals surface area contributed by atoms with Crippen LogP contribution in [0.3, 0.4) is 0 Å². The fourth-order valence-electron chi connectivity index (χ4n) is 2.02. The summed E-state index contributed by atoms with van der Waals surface area (Å²) in [5.41, 5.74) is 7.64. The molecule has 0 aromatic heterocycles. The van der Waals surface area contributed by atoms with E-state index in [1.165, 1.54) is 0 Å². The Morgan fingerprint density at radius 1 is 1.10 bits per heavy atom. The van der Waals surface area contributed by atoms with Crippen molar-refractivity contribution >= 4 is 22.9 Å². The maximum absolute atomic E-state index is 5.68. The van der Waals surface area contributed by atoms with Crippen molar-refractivity contribution < 1.29 is 4.74 Å². The third-order valence-electron chi connectivity index (χ3n) is 3.24. The predicted octanol–water partition coefficient (Wildman–Crippen LogP) is 3.23. The second-order valence-electron chi connectivity index (χ2n) is 4.85. The van der Waals surface area contributed by atoms with Crippen molar-refractivity contribution in [1.82, 2.24) is 0 Å². The third kappa shape index (κ3) is 4.76. The van der Waals surface area contributed by atoms with Gasteiger partial charge in [-0.05, 0) is 42.8 Å². The smallest absolute Gasteiger partial charge is 0.119 e. The zero-order chi connectivity index (χ0) is 15.1. The molecule has 4 heteroatoms. The largest absolute Gasteiger partial charge is 0.494 e. The number of hydrogen-bond donors (Lipinski definition) is 1. The lowest BCUT2D eigenvalue weighted by atomic mass is 10.2. The van der Waals surface area contributed by atoms with Gasteiger partial charge in [0, 0.05) is 24.8 Å². The molecule has 110 valence electrons. The number of benzene rings is 2. The first-order chi connectivity index (χ1) is 10.2. The molecule has 2 N–H and O–H groups in total. The molecule has 0 atom stereocenters. The van der Waals surface area contributed by atoms with Gasteiger partial charge in [-0.15, -0.1) is 0 Å². The average molecular weight is 300 g/mol. The lowest BCUT2D eigenvalue weighted by molar-refractivity contribution is 0.312. The molecule has 0 fully saturated rings. The van der Waals surface area contributed by atoms with E-state index in [9.17, 15) is 0 Å². The van der Waals surface area contributed by atoms with Crippen molar-refractivity contribution in [3.63, 3.8) is 0 Å². The molecule has 0 aliphatic heterocycles. The van der Waals surface area contributed by atoms with Crippen molar-refractivity contribution in [3.8, 4) is 5.75 Å². The number of thiocarbonyl (C=S) groups is 1. The van der Waals surface area contributed by atoms with Gasteiger partial charge in [0.15, 0.2) is 0 Å². The highest BCUT2D eigenvalue weighted by Crippen LogP contribution is 2.14. The first kappa shape index (κ1) is 15.3. The number of para-hydroxylation sites is 1. The molecule has 21 heavy (non-hydrogen) atoms. The minimum atomic E-state index is 0.431. The number of nitrogens with two attached hydrogens (primary N) is 1. The summed E-state index contributed by atoms with van der Waals surface area (Å²) in [6.07, 6.45) is 0.961. The van der Waals surface area contributed by atoms with Crippen LogP contribution in [0, 0.1) is 0 Å². The van der Waals surface area contributed by atoms with Gasteiger partial charge in [0.2, 0.25) is 0 Å². The van der Waals surface area contributed by atoms with E-state index in [2.05, 4.69) is 11.9 Å². The van der Waals surface area contributed by atoms with Gasteiger partial charge >= 0.3 is 0 Å². The zero-order valence-corrected chi connectivity index (χ0v) is 13.0. The highest BCUT2D eigenvalue weighted by atomic mass is 32.1. The van der Waals surface area contributed by atoms with Gasteiger partial charge in [-0.1, -0.05) is 30.4 Å². The van der Waals surface area contributed by atoms with Gasteiger partial charge in [-0.25, -0.2) is 0 Å². The fraction of sp³-hybridized carbons (Fsp3) is 0.235. The Kier molecular flexibility index (Phi) is 5.58. The summed E-state index contributed by atoms with van der Waals surface area (Å²) < 4.78 is 5.68. The maximum Gasteiger partial charge on any atom is 0.119 e. The van der Waals surface area contributed by atoms with E-state index < -0.39 is 0 Å². The SMILES string of the molecule is CN(CCCOc1ccccc1)c1ccc(C(N)=S)cc1. The van der Waals surface area contributed by atoms with Crippen molar-refractivity contribution in [2.45, 2.75) is 6.42 Å². The second-order valence-corrected chi connectivity index (χ2v) is 5.29. The Morgan fingerprint density at radius 3 is 2.38 bits per heavy atom. The van der Waals surface area contributed by atoms with E-state index >= 15 is 0 Å². The molecule has 0 spiro atoms. The molecule has 0 bridgehead atoms. The van der Waals surface area contributed by atoms with Crippen LogP contribution in [-0.4, -0.2) is 25.2 Å². The number of nitrogens with zero attached hydrogens (tertiary/aromatic N) is 1. The Balaban J connectivity index is 1.76. The molecular weight excluding hydrogens is 280 g/mol. The molecule has 0 amide bonds. The Bertz CT molecular complexity index is 569. The maximum atomic E-state index is 5.68. The van der Waals surface area contributed by atoms with E-state index in [1.807, 2.05) is 54.6 Å². The van der Waals surface area contributed by atoms with Crippen LogP contribution in [0.2, 0.25) is 0 Å². The predicted molar refractivity (Wildman–Crippen MR) is 92.2 cm³/mol. The van der Waals surface area contributed by atoms with Gasteiger partial charge in [0.1, 0.15) is 10.7 Å². The molecule has 0 aliphatic rings. The fourth-order valence-corrected chi connectivity index (χ4v) is 2.15. The monoisotopic (exact) mass is 300 g/mol. The molecule has 0 saturated carbocycles.